The maximum absolute atomic E-state index is 9.55. The zero-order chi connectivity index (χ0) is 12.3. The third-order valence-corrected chi connectivity index (χ3v) is 3.80. The summed E-state index contributed by atoms with van der Waals surface area (Å²) in [7, 11) is 0. The molecule has 4 heteroatoms. The predicted molar refractivity (Wildman–Crippen MR) is 70.0 cm³/mol. The zero-order valence-electron chi connectivity index (χ0n) is 9.59. The number of benzene rings is 1. The molecule has 0 bridgehead atoms. The lowest BCUT2D eigenvalue weighted by Crippen LogP contribution is -2.42. The van der Waals surface area contributed by atoms with Gasteiger partial charge in [-0.15, -0.1) is 0 Å². The molecule has 1 fully saturated rings. The third-order valence-electron chi connectivity index (χ3n) is 3.27. The molecule has 2 nitrogen and oxygen atoms in total. The minimum atomic E-state index is -0.463. The van der Waals surface area contributed by atoms with Gasteiger partial charge in [0.1, 0.15) is 11.4 Å². The highest BCUT2D eigenvalue weighted by Crippen LogP contribution is 2.36. The van der Waals surface area contributed by atoms with Crippen molar-refractivity contribution in [3.63, 3.8) is 0 Å². The van der Waals surface area contributed by atoms with E-state index in [2.05, 4.69) is 0 Å². The number of aliphatic hydroxyl groups excluding tert-OH is 1. The zero-order valence-corrected chi connectivity index (χ0v) is 11.1. The highest BCUT2D eigenvalue weighted by Gasteiger charge is 2.34. The van der Waals surface area contributed by atoms with Crippen LogP contribution in [-0.4, -0.2) is 17.3 Å². The fourth-order valence-corrected chi connectivity index (χ4v) is 2.73. The molecule has 0 atom stereocenters. The number of rotatable bonds is 3. The Labute approximate surface area is 111 Å². The molecule has 0 unspecified atom stereocenters. The van der Waals surface area contributed by atoms with E-state index in [1.165, 1.54) is 6.42 Å². The van der Waals surface area contributed by atoms with E-state index in [0.717, 1.165) is 25.7 Å². The number of hydrogen-bond acceptors (Lipinski definition) is 2. The fourth-order valence-electron chi connectivity index (χ4n) is 2.28. The Morgan fingerprint density at radius 3 is 2.47 bits per heavy atom. The van der Waals surface area contributed by atoms with E-state index in [0.29, 0.717) is 15.8 Å². The Balaban J connectivity index is 2.17. The predicted octanol–water partition coefficient (Wildman–Crippen LogP) is 4.07. The highest BCUT2D eigenvalue weighted by molar-refractivity contribution is 6.35. The SMILES string of the molecule is OCC1(Oc2ccc(Cl)cc2Cl)CCCCC1. The molecule has 17 heavy (non-hydrogen) atoms. The largest absolute Gasteiger partial charge is 0.483 e. The molecule has 94 valence electrons. The first-order chi connectivity index (χ1) is 8.15. The molecular weight excluding hydrogens is 259 g/mol. The van der Waals surface area contributed by atoms with Gasteiger partial charge in [0.05, 0.1) is 11.6 Å². The van der Waals surface area contributed by atoms with Crippen molar-refractivity contribution in [3.8, 4) is 5.75 Å². The van der Waals surface area contributed by atoms with Gasteiger partial charge in [0.2, 0.25) is 0 Å². The van der Waals surface area contributed by atoms with Crippen molar-refractivity contribution < 1.29 is 9.84 Å². The van der Waals surface area contributed by atoms with Gasteiger partial charge in [-0.25, -0.2) is 0 Å². The molecule has 1 aromatic carbocycles. The molecule has 0 radical (unpaired) electrons. The molecule has 0 spiro atoms. The van der Waals surface area contributed by atoms with Crippen LogP contribution in [0.3, 0.4) is 0 Å². The Morgan fingerprint density at radius 2 is 1.88 bits per heavy atom. The lowest BCUT2D eigenvalue weighted by Gasteiger charge is -2.36. The summed E-state index contributed by atoms with van der Waals surface area (Å²) >= 11 is 11.9. The van der Waals surface area contributed by atoms with Crippen LogP contribution in [0.1, 0.15) is 32.1 Å². The van der Waals surface area contributed by atoms with Crippen molar-refractivity contribution in [1.29, 1.82) is 0 Å². The topological polar surface area (TPSA) is 29.5 Å². The maximum atomic E-state index is 9.55. The van der Waals surface area contributed by atoms with Crippen LogP contribution in [0.4, 0.5) is 0 Å². The molecular formula is C13H16Cl2O2. The normalized spacial score (nSPS) is 19.0. The first kappa shape index (κ1) is 13.0. The molecule has 1 aliphatic rings. The summed E-state index contributed by atoms with van der Waals surface area (Å²) in [5.41, 5.74) is -0.463. The van der Waals surface area contributed by atoms with Crippen LogP contribution in [0.15, 0.2) is 18.2 Å². The standard InChI is InChI=1S/C13H16Cl2O2/c14-10-4-5-12(11(15)8-10)17-13(9-16)6-2-1-3-7-13/h4-5,8,16H,1-3,6-7,9H2. The Kier molecular flexibility index (Phi) is 4.18. The van der Waals surface area contributed by atoms with E-state index in [-0.39, 0.29) is 6.61 Å². The molecule has 2 rings (SSSR count). The van der Waals surface area contributed by atoms with E-state index in [1.807, 2.05) is 0 Å². The van der Waals surface area contributed by atoms with Crippen LogP contribution < -0.4 is 4.74 Å². The Morgan fingerprint density at radius 1 is 1.18 bits per heavy atom. The average molecular weight is 275 g/mol. The Hall–Kier alpha value is -0.440. The second-order valence-electron chi connectivity index (χ2n) is 4.58. The molecule has 0 amide bonds. The van der Waals surface area contributed by atoms with Crippen molar-refractivity contribution in [2.45, 2.75) is 37.7 Å². The summed E-state index contributed by atoms with van der Waals surface area (Å²) in [5.74, 6) is 0.604. The van der Waals surface area contributed by atoms with Gasteiger partial charge in [-0.05, 0) is 43.9 Å². The van der Waals surface area contributed by atoms with E-state index in [4.69, 9.17) is 27.9 Å². The van der Waals surface area contributed by atoms with E-state index in [1.54, 1.807) is 18.2 Å². The average Bonchev–Trinajstić information content (AvgIpc) is 2.34. The van der Waals surface area contributed by atoms with Gasteiger partial charge in [-0.2, -0.15) is 0 Å². The van der Waals surface area contributed by atoms with Gasteiger partial charge >= 0.3 is 0 Å². The summed E-state index contributed by atoms with van der Waals surface area (Å²) in [6, 6.07) is 5.17. The van der Waals surface area contributed by atoms with E-state index < -0.39 is 5.60 Å². The molecule has 1 aliphatic carbocycles. The fraction of sp³-hybridized carbons (Fsp3) is 0.538. The first-order valence-corrected chi connectivity index (χ1v) is 6.66. The van der Waals surface area contributed by atoms with Crippen LogP contribution in [0, 0.1) is 0 Å². The Bertz CT molecular complexity index is 387. The minimum Gasteiger partial charge on any atom is -0.483 e. The lowest BCUT2D eigenvalue weighted by atomic mass is 9.85. The van der Waals surface area contributed by atoms with Crippen molar-refractivity contribution in [1.82, 2.24) is 0 Å². The number of hydrogen-bond donors (Lipinski definition) is 1. The smallest absolute Gasteiger partial charge is 0.138 e. The number of ether oxygens (including phenoxy) is 1. The molecule has 1 N–H and O–H groups in total. The van der Waals surface area contributed by atoms with E-state index >= 15 is 0 Å². The van der Waals surface area contributed by atoms with Crippen molar-refractivity contribution in [2.24, 2.45) is 0 Å². The third kappa shape index (κ3) is 3.06. The molecule has 1 saturated carbocycles. The van der Waals surface area contributed by atoms with Crippen LogP contribution in [0.25, 0.3) is 0 Å². The molecule has 1 aromatic rings. The molecule has 0 aliphatic heterocycles. The summed E-state index contributed by atoms with van der Waals surface area (Å²) < 4.78 is 5.94. The van der Waals surface area contributed by atoms with E-state index in [9.17, 15) is 5.11 Å². The summed E-state index contributed by atoms with van der Waals surface area (Å²) in [5, 5.41) is 10.6. The maximum Gasteiger partial charge on any atom is 0.138 e. The van der Waals surface area contributed by atoms with Crippen LogP contribution in [0.5, 0.6) is 5.75 Å². The van der Waals surface area contributed by atoms with Gasteiger partial charge in [-0.1, -0.05) is 29.6 Å². The molecule has 0 aromatic heterocycles. The van der Waals surface area contributed by atoms with Crippen LogP contribution >= 0.6 is 23.2 Å². The summed E-state index contributed by atoms with van der Waals surface area (Å²) in [6.45, 7) is 0.0337. The lowest BCUT2D eigenvalue weighted by molar-refractivity contribution is -0.0197. The quantitative estimate of drug-likeness (QED) is 0.901. The van der Waals surface area contributed by atoms with Crippen LogP contribution in [-0.2, 0) is 0 Å². The van der Waals surface area contributed by atoms with Crippen molar-refractivity contribution in [2.75, 3.05) is 6.61 Å². The second kappa shape index (κ2) is 5.47. The van der Waals surface area contributed by atoms with Crippen molar-refractivity contribution in [3.05, 3.63) is 28.2 Å². The van der Waals surface area contributed by atoms with Gasteiger partial charge in [0.25, 0.3) is 0 Å². The summed E-state index contributed by atoms with van der Waals surface area (Å²) in [4.78, 5) is 0. The summed E-state index contributed by atoms with van der Waals surface area (Å²) in [6.07, 6.45) is 5.14. The highest BCUT2D eigenvalue weighted by atomic mass is 35.5. The molecule has 0 heterocycles. The monoisotopic (exact) mass is 274 g/mol. The van der Waals surface area contributed by atoms with Gasteiger partial charge in [-0.3, -0.25) is 0 Å². The second-order valence-corrected chi connectivity index (χ2v) is 5.42. The molecule has 0 saturated heterocycles. The van der Waals surface area contributed by atoms with Crippen molar-refractivity contribution >= 4 is 23.2 Å². The number of aliphatic hydroxyl groups is 1. The van der Waals surface area contributed by atoms with Gasteiger partial charge in [0, 0.05) is 5.02 Å². The number of halogens is 2. The minimum absolute atomic E-state index is 0.0337. The van der Waals surface area contributed by atoms with Gasteiger partial charge in [0.15, 0.2) is 0 Å². The van der Waals surface area contributed by atoms with Crippen LogP contribution in [0.2, 0.25) is 10.0 Å². The first-order valence-electron chi connectivity index (χ1n) is 5.90. The van der Waals surface area contributed by atoms with Gasteiger partial charge < -0.3 is 9.84 Å².